The molecule has 25 heavy (non-hydrogen) atoms. The standard InChI is InChI=1S/C19H23N5O/c1-15-11-19(21-14-20-15)24(13-17-9-10-22-23(17)3)12-16(2)25-18-7-5-4-6-8-18/h4-11,14,16H,12-13H2,1-3H3. The van der Waals surface area contributed by atoms with Gasteiger partial charge in [0.05, 0.1) is 18.8 Å². The number of aryl methyl sites for hydroxylation is 2. The van der Waals surface area contributed by atoms with Crippen LogP contribution >= 0.6 is 0 Å². The molecule has 0 saturated carbocycles. The van der Waals surface area contributed by atoms with Gasteiger partial charge in [-0.2, -0.15) is 5.10 Å². The average Bonchev–Trinajstić information content (AvgIpc) is 3.00. The van der Waals surface area contributed by atoms with Gasteiger partial charge in [0.2, 0.25) is 0 Å². The van der Waals surface area contributed by atoms with E-state index in [0.717, 1.165) is 23.0 Å². The Morgan fingerprint density at radius 2 is 1.96 bits per heavy atom. The SMILES string of the molecule is Cc1cc(N(Cc2ccnn2C)CC(C)Oc2ccccc2)ncn1. The van der Waals surface area contributed by atoms with Gasteiger partial charge < -0.3 is 9.64 Å². The van der Waals surface area contributed by atoms with Crippen molar-refractivity contribution in [2.45, 2.75) is 26.5 Å². The van der Waals surface area contributed by atoms with Crippen molar-refractivity contribution >= 4 is 5.82 Å². The molecule has 0 aliphatic rings. The number of hydrogen-bond acceptors (Lipinski definition) is 5. The maximum absolute atomic E-state index is 6.04. The van der Waals surface area contributed by atoms with Gasteiger partial charge in [-0.25, -0.2) is 9.97 Å². The summed E-state index contributed by atoms with van der Waals surface area (Å²) in [4.78, 5) is 10.8. The summed E-state index contributed by atoms with van der Waals surface area (Å²) in [7, 11) is 1.95. The van der Waals surface area contributed by atoms with Crippen LogP contribution in [0.1, 0.15) is 18.3 Å². The van der Waals surface area contributed by atoms with Crippen LogP contribution in [0.2, 0.25) is 0 Å². The molecule has 0 N–H and O–H groups in total. The van der Waals surface area contributed by atoms with Crippen molar-refractivity contribution < 1.29 is 4.74 Å². The normalized spacial score (nSPS) is 12.0. The smallest absolute Gasteiger partial charge is 0.132 e. The summed E-state index contributed by atoms with van der Waals surface area (Å²) >= 11 is 0. The van der Waals surface area contributed by atoms with E-state index in [-0.39, 0.29) is 6.10 Å². The molecule has 6 heteroatoms. The zero-order valence-electron chi connectivity index (χ0n) is 14.8. The number of para-hydroxylation sites is 1. The zero-order chi connectivity index (χ0) is 17.6. The van der Waals surface area contributed by atoms with E-state index in [4.69, 9.17) is 4.74 Å². The molecule has 3 aromatic rings. The zero-order valence-corrected chi connectivity index (χ0v) is 14.8. The highest BCUT2D eigenvalue weighted by atomic mass is 16.5. The van der Waals surface area contributed by atoms with Crippen LogP contribution in [-0.2, 0) is 13.6 Å². The summed E-state index contributed by atoms with van der Waals surface area (Å²) in [6, 6.07) is 13.9. The quantitative estimate of drug-likeness (QED) is 0.663. The van der Waals surface area contributed by atoms with Gasteiger partial charge in [-0.15, -0.1) is 0 Å². The third-order valence-corrected chi connectivity index (χ3v) is 3.95. The van der Waals surface area contributed by atoms with Crippen LogP contribution in [-0.4, -0.2) is 32.4 Å². The fourth-order valence-electron chi connectivity index (χ4n) is 2.68. The van der Waals surface area contributed by atoms with Gasteiger partial charge in [0.1, 0.15) is 24.0 Å². The van der Waals surface area contributed by atoms with E-state index < -0.39 is 0 Å². The molecule has 0 saturated heterocycles. The van der Waals surface area contributed by atoms with Crippen LogP contribution in [0.25, 0.3) is 0 Å². The second-order valence-corrected chi connectivity index (χ2v) is 6.09. The van der Waals surface area contributed by atoms with Gasteiger partial charge in [-0.3, -0.25) is 4.68 Å². The highest BCUT2D eigenvalue weighted by Crippen LogP contribution is 2.17. The van der Waals surface area contributed by atoms with Crippen molar-refractivity contribution in [3.05, 3.63) is 66.4 Å². The summed E-state index contributed by atoms with van der Waals surface area (Å²) in [5.41, 5.74) is 2.06. The van der Waals surface area contributed by atoms with Crippen LogP contribution in [0.4, 0.5) is 5.82 Å². The van der Waals surface area contributed by atoms with Crippen molar-refractivity contribution in [2.24, 2.45) is 7.05 Å². The number of ether oxygens (including phenoxy) is 1. The van der Waals surface area contributed by atoms with Gasteiger partial charge in [-0.1, -0.05) is 18.2 Å². The lowest BCUT2D eigenvalue weighted by Crippen LogP contribution is -2.34. The fourth-order valence-corrected chi connectivity index (χ4v) is 2.68. The fraction of sp³-hybridized carbons (Fsp3) is 0.316. The lowest BCUT2D eigenvalue weighted by atomic mass is 10.3. The summed E-state index contributed by atoms with van der Waals surface area (Å²) in [6.07, 6.45) is 3.41. The minimum atomic E-state index is 0.00546. The molecule has 1 unspecified atom stereocenters. The molecule has 0 fully saturated rings. The van der Waals surface area contributed by atoms with E-state index in [0.29, 0.717) is 13.1 Å². The number of anilines is 1. The molecule has 0 radical (unpaired) electrons. The molecule has 2 heterocycles. The molecule has 2 aromatic heterocycles. The van der Waals surface area contributed by atoms with E-state index in [1.807, 2.05) is 67.3 Å². The van der Waals surface area contributed by atoms with E-state index in [2.05, 4.69) is 26.9 Å². The molecule has 130 valence electrons. The Morgan fingerprint density at radius 3 is 2.64 bits per heavy atom. The van der Waals surface area contributed by atoms with Crippen LogP contribution in [0.15, 0.2) is 55.0 Å². The molecule has 1 atom stereocenters. The van der Waals surface area contributed by atoms with E-state index >= 15 is 0 Å². The first-order valence-electron chi connectivity index (χ1n) is 8.34. The molecule has 0 bridgehead atoms. The lowest BCUT2D eigenvalue weighted by Gasteiger charge is -2.27. The van der Waals surface area contributed by atoms with Gasteiger partial charge in [0.25, 0.3) is 0 Å². The highest BCUT2D eigenvalue weighted by Gasteiger charge is 2.16. The summed E-state index contributed by atoms with van der Waals surface area (Å²) in [5.74, 6) is 1.76. The molecule has 0 aliphatic carbocycles. The monoisotopic (exact) mass is 337 g/mol. The first kappa shape index (κ1) is 17.0. The molecule has 3 rings (SSSR count). The maximum atomic E-state index is 6.04. The van der Waals surface area contributed by atoms with Crippen LogP contribution in [0.5, 0.6) is 5.75 Å². The van der Waals surface area contributed by atoms with Crippen LogP contribution < -0.4 is 9.64 Å². The number of nitrogens with zero attached hydrogens (tertiary/aromatic N) is 5. The minimum absolute atomic E-state index is 0.00546. The van der Waals surface area contributed by atoms with Crippen molar-refractivity contribution in [2.75, 3.05) is 11.4 Å². The van der Waals surface area contributed by atoms with Gasteiger partial charge in [0.15, 0.2) is 0 Å². The molecule has 0 spiro atoms. The number of hydrogen-bond donors (Lipinski definition) is 0. The Labute approximate surface area is 148 Å². The predicted molar refractivity (Wildman–Crippen MR) is 97.6 cm³/mol. The molecular weight excluding hydrogens is 314 g/mol. The number of benzene rings is 1. The Hall–Kier alpha value is -2.89. The molecule has 0 amide bonds. The van der Waals surface area contributed by atoms with E-state index in [1.54, 1.807) is 6.33 Å². The Morgan fingerprint density at radius 1 is 1.16 bits per heavy atom. The van der Waals surface area contributed by atoms with Crippen molar-refractivity contribution in [3.8, 4) is 5.75 Å². The van der Waals surface area contributed by atoms with E-state index in [9.17, 15) is 0 Å². The molecule has 1 aromatic carbocycles. The lowest BCUT2D eigenvalue weighted by molar-refractivity contribution is 0.225. The van der Waals surface area contributed by atoms with Crippen LogP contribution in [0.3, 0.4) is 0 Å². The van der Waals surface area contributed by atoms with Crippen molar-refractivity contribution in [1.29, 1.82) is 0 Å². The van der Waals surface area contributed by atoms with Gasteiger partial charge in [-0.05, 0) is 32.0 Å². The maximum Gasteiger partial charge on any atom is 0.132 e. The minimum Gasteiger partial charge on any atom is -0.489 e. The number of aromatic nitrogens is 4. The highest BCUT2D eigenvalue weighted by molar-refractivity contribution is 5.39. The second kappa shape index (κ2) is 7.79. The second-order valence-electron chi connectivity index (χ2n) is 6.09. The first-order chi connectivity index (χ1) is 12.1. The van der Waals surface area contributed by atoms with Gasteiger partial charge >= 0.3 is 0 Å². The molecule has 6 nitrogen and oxygen atoms in total. The number of rotatable bonds is 7. The summed E-state index contributed by atoms with van der Waals surface area (Å²) in [5, 5.41) is 4.25. The van der Waals surface area contributed by atoms with E-state index in [1.165, 1.54) is 0 Å². The summed E-state index contributed by atoms with van der Waals surface area (Å²) in [6.45, 7) is 5.45. The van der Waals surface area contributed by atoms with Crippen molar-refractivity contribution in [1.82, 2.24) is 19.7 Å². The Bertz CT molecular complexity index is 802. The Balaban J connectivity index is 1.77. The predicted octanol–water partition coefficient (Wildman–Crippen LogP) is 2.99. The third kappa shape index (κ3) is 4.56. The third-order valence-electron chi connectivity index (χ3n) is 3.95. The average molecular weight is 337 g/mol. The molecular formula is C19H23N5O. The Kier molecular flexibility index (Phi) is 5.28. The van der Waals surface area contributed by atoms with Crippen molar-refractivity contribution in [3.63, 3.8) is 0 Å². The summed E-state index contributed by atoms with van der Waals surface area (Å²) < 4.78 is 7.92. The largest absolute Gasteiger partial charge is 0.489 e. The topological polar surface area (TPSA) is 56.1 Å². The molecule has 0 aliphatic heterocycles. The first-order valence-corrected chi connectivity index (χ1v) is 8.34. The van der Waals surface area contributed by atoms with Crippen LogP contribution in [0, 0.1) is 6.92 Å². The van der Waals surface area contributed by atoms with Gasteiger partial charge in [0, 0.05) is 25.0 Å².